The van der Waals surface area contributed by atoms with Crippen LogP contribution in [0.15, 0.2) is 22.7 Å². The number of aromatic nitrogens is 1. The third-order valence-corrected chi connectivity index (χ3v) is 3.10. The first-order valence-corrected chi connectivity index (χ1v) is 6.31. The molecule has 0 fully saturated rings. The van der Waals surface area contributed by atoms with Gasteiger partial charge < -0.3 is 23.8 Å². The molecule has 1 aromatic heterocycles. The van der Waals surface area contributed by atoms with E-state index in [1.165, 1.54) is 6.07 Å². The predicted molar refractivity (Wildman–Crippen MR) is 70.6 cm³/mol. The Kier molecular flexibility index (Phi) is 3.49. The summed E-state index contributed by atoms with van der Waals surface area (Å²) < 4.78 is 21.2. The Morgan fingerprint density at radius 1 is 1.38 bits per heavy atom. The zero-order chi connectivity index (χ0) is 14.8. The third-order valence-electron chi connectivity index (χ3n) is 3.10. The fraction of sp³-hybridized carbons (Fsp3) is 0.286. The minimum Gasteiger partial charge on any atom is -0.486 e. The quantitative estimate of drug-likeness (QED) is 0.920. The van der Waals surface area contributed by atoms with Gasteiger partial charge in [-0.15, -0.1) is 0 Å². The molecule has 0 spiro atoms. The summed E-state index contributed by atoms with van der Waals surface area (Å²) >= 11 is 0. The van der Waals surface area contributed by atoms with Crippen LogP contribution >= 0.6 is 0 Å². The van der Waals surface area contributed by atoms with Crippen LogP contribution in [-0.2, 0) is 11.3 Å². The van der Waals surface area contributed by atoms with Crippen LogP contribution in [-0.4, -0.2) is 36.6 Å². The van der Waals surface area contributed by atoms with E-state index in [9.17, 15) is 4.79 Å². The molecule has 1 aliphatic heterocycles. The van der Waals surface area contributed by atoms with Gasteiger partial charge in [-0.1, -0.05) is 5.16 Å². The monoisotopic (exact) mass is 291 g/mol. The number of hydrogen-bond acceptors (Lipinski definition) is 6. The zero-order valence-electron chi connectivity index (χ0n) is 11.3. The van der Waals surface area contributed by atoms with Gasteiger partial charge in [0.1, 0.15) is 18.9 Å². The SMILES string of the molecule is COCc1c(-c2cc(C(=O)O)on2)ccc2c1OCCO2. The predicted octanol–water partition coefficient (Wildman–Crippen LogP) is 1.96. The fourth-order valence-corrected chi connectivity index (χ4v) is 2.20. The Bertz CT molecular complexity index is 678. The van der Waals surface area contributed by atoms with Gasteiger partial charge in [-0.25, -0.2) is 4.79 Å². The van der Waals surface area contributed by atoms with Crippen molar-refractivity contribution in [2.45, 2.75) is 6.61 Å². The van der Waals surface area contributed by atoms with E-state index in [1.807, 2.05) is 0 Å². The van der Waals surface area contributed by atoms with Crippen LogP contribution in [0, 0.1) is 0 Å². The van der Waals surface area contributed by atoms with E-state index in [0.29, 0.717) is 36.0 Å². The van der Waals surface area contributed by atoms with E-state index in [-0.39, 0.29) is 12.4 Å². The number of carbonyl (C=O) groups is 1. The van der Waals surface area contributed by atoms with Crippen LogP contribution in [0.1, 0.15) is 16.1 Å². The van der Waals surface area contributed by atoms with Gasteiger partial charge >= 0.3 is 5.97 Å². The number of ether oxygens (including phenoxy) is 3. The van der Waals surface area contributed by atoms with Gasteiger partial charge in [0.2, 0.25) is 5.76 Å². The molecular formula is C14H13NO6. The van der Waals surface area contributed by atoms with Crippen molar-refractivity contribution < 1.29 is 28.6 Å². The van der Waals surface area contributed by atoms with Crippen LogP contribution < -0.4 is 9.47 Å². The Morgan fingerprint density at radius 3 is 2.90 bits per heavy atom. The first kappa shape index (κ1) is 13.4. The summed E-state index contributed by atoms with van der Waals surface area (Å²) in [7, 11) is 1.57. The van der Waals surface area contributed by atoms with Crippen LogP contribution in [0.2, 0.25) is 0 Å². The van der Waals surface area contributed by atoms with Crippen molar-refractivity contribution in [3.05, 3.63) is 29.5 Å². The lowest BCUT2D eigenvalue weighted by Gasteiger charge is -2.22. The molecule has 0 amide bonds. The molecule has 0 atom stereocenters. The molecule has 1 N–H and O–H groups in total. The van der Waals surface area contributed by atoms with Gasteiger partial charge in [0.25, 0.3) is 0 Å². The highest BCUT2D eigenvalue weighted by atomic mass is 16.6. The van der Waals surface area contributed by atoms with Gasteiger partial charge in [-0.3, -0.25) is 0 Å². The molecular weight excluding hydrogens is 278 g/mol. The molecule has 0 bridgehead atoms. The summed E-state index contributed by atoms with van der Waals surface area (Å²) in [5, 5.41) is 12.7. The summed E-state index contributed by atoms with van der Waals surface area (Å²) in [6, 6.07) is 4.91. The molecule has 1 aromatic carbocycles. The van der Waals surface area contributed by atoms with Crippen molar-refractivity contribution in [3.8, 4) is 22.8 Å². The normalized spacial score (nSPS) is 13.2. The molecule has 1 aliphatic rings. The first-order chi connectivity index (χ1) is 10.2. The van der Waals surface area contributed by atoms with Crippen LogP contribution in [0.5, 0.6) is 11.5 Å². The molecule has 0 saturated heterocycles. The van der Waals surface area contributed by atoms with E-state index < -0.39 is 5.97 Å². The number of methoxy groups -OCH3 is 1. The second-order valence-corrected chi connectivity index (χ2v) is 4.43. The molecule has 0 radical (unpaired) electrons. The van der Waals surface area contributed by atoms with Gasteiger partial charge in [-0.2, -0.15) is 0 Å². The topological polar surface area (TPSA) is 91.0 Å². The van der Waals surface area contributed by atoms with Crippen LogP contribution in [0.3, 0.4) is 0 Å². The van der Waals surface area contributed by atoms with E-state index in [1.54, 1.807) is 19.2 Å². The number of nitrogens with zero attached hydrogens (tertiary/aromatic N) is 1. The van der Waals surface area contributed by atoms with Crippen LogP contribution in [0.25, 0.3) is 11.3 Å². The Morgan fingerprint density at radius 2 is 2.19 bits per heavy atom. The third kappa shape index (κ3) is 2.43. The molecule has 110 valence electrons. The standard InChI is InChI=1S/C14H13NO6/c1-18-7-9-8(10-6-12(14(16)17)21-15-10)2-3-11-13(9)20-5-4-19-11/h2-3,6H,4-5,7H2,1H3,(H,16,17). The van der Waals surface area contributed by atoms with Crippen molar-refractivity contribution in [1.29, 1.82) is 0 Å². The molecule has 2 aromatic rings. The Labute approximate surface area is 120 Å². The largest absolute Gasteiger partial charge is 0.486 e. The van der Waals surface area contributed by atoms with Crippen molar-refractivity contribution in [1.82, 2.24) is 5.16 Å². The number of carboxylic acids is 1. The van der Waals surface area contributed by atoms with Crippen molar-refractivity contribution in [2.24, 2.45) is 0 Å². The number of benzene rings is 1. The van der Waals surface area contributed by atoms with Crippen molar-refractivity contribution >= 4 is 5.97 Å². The Hall–Kier alpha value is -2.54. The van der Waals surface area contributed by atoms with Crippen molar-refractivity contribution in [3.63, 3.8) is 0 Å². The van der Waals surface area contributed by atoms with E-state index >= 15 is 0 Å². The zero-order valence-corrected chi connectivity index (χ0v) is 11.3. The lowest BCUT2D eigenvalue weighted by molar-refractivity contribution is 0.0652. The second-order valence-electron chi connectivity index (χ2n) is 4.43. The minimum atomic E-state index is -1.17. The smallest absolute Gasteiger partial charge is 0.374 e. The molecule has 7 heteroatoms. The number of carboxylic acid groups (broad SMARTS) is 1. The van der Waals surface area contributed by atoms with Crippen molar-refractivity contribution in [2.75, 3.05) is 20.3 Å². The number of aromatic carboxylic acids is 1. The fourth-order valence-electron chi connectivity index (χ4n) is 2.20. The molecule has 7 nitrogen and oxygen atoms in total. The number of hydrogen-bond donors (Lipinski definition) is 1. The summed E-state index contributed by atoms with van der Waals surface area (Å²) in [6.45, 7) is 1.23. The average molecular weight is 291 g/mol. The average Bonchev–Trinajstić information content (AvgIpc) is 2.98. The molecule has 2 heterocycles. The summed E-state index contributed by atoms with van der Waals surface area (Å²) in [5.74, 6) is -0.151. The maximum Gasteiger partial charge on any atom is 0.374 e. The molecule has 3 rings (SSSR count). The molecule has 0 unspecified atom stereocenters. The number of fused-ring (bicyclic) bond motifs is 1. The lowest BCUT2D eigenvalue weighted by atomic mass is 10.0. The Balaban J connectivity index is 2.10. The van der Waals surface area contributed by atoms with Gasteiger partial charge in [-0.05, 0) is 12.1 Å². The highest BCUT2D eigenvalue weighted by molar-refractivity contribution is 5.86. The molecule has 0 aliphatic carbocycles. The van der Waals surface area contributed by atoms with Gasteiger partial charge in [0, 0.05) is 24.3 Å². The lowest BCUT2D eigenvalue weighted by Crippen LogP contribution is -2.17. The summed E-state index contributed by atoms with van der Waals surface area (Å²) in [6.07, 6.45) is 0. The van der Waals surface area contributed by atoms with Crippen LogP contribution in [0.4, 0.5) is 0 Å². The van der Waals surface area contributed by atoms with E-state index in [2.05, 4.69) is 5.16 Å². The van der Waals surface area contributed by atoms with Gasteiger partial charge in [0.05, 0.1) is 6.61 Å². The first-order valence-electron chi connectivity index (χ1n) is 6.31. The molecule has 0 saturated carbocycles. The highest BCUT2D eigenvalue weighted by Crippen LogP contribution is 2.40. The maximum atomic E-state index is 10.9. The minimum absolute atomic E-state index is 0.219. The van der Waals surface area contributed by atoms with E-state index in [0.717, 1.165) is 5.56 Å². The summed E-state index contributed by atoms with van der Waals surface area (Å²) in [5.41, 5.74) is 1.86. The summed E-state index contributed by atoms with van der Waals surface area (Å²) in [4.78, 5) is 10.9. The second kappa shape index (κ2) is 5.45. The highest BCUT2D eigenvalue weighted by Gasteiger charge is 2.22. The van der Waals surface area contributed by atoms with E-state index in [4.69, 9.17) is 23.8 Å². The number of rotatable bonds is 4. The van der Waals surface area contributed by atoms with Gasteiger partial charge in [0.15, 0.2) is 11.5 Å². The maximum absolute atomic E-state index is 10.9. The molecule has 21 heavy (non-hydrogen) atoms.